The van der Waals surface area contributed by atoms with Crippen molar-refractivity contribution < 1.29 is 63.5 Å². The van der Waals surface area contributed by atoms with Crippen molar-refractivity contribution in [3.8, 4) is 0 Å². The molecule has 0 aromatic heterocycles. The van der Waals surface area contributed by atoms with E-state index in [-0.39, 0.29) is 18.4 Å². The third-order valence-corrected chi connectivity index (χ3v) is 8.05. The van der Waals surface area contributed by atoms with Crippen LogP contribution in [0.2, 0.25) is 0 Å². The van der Waals surface area contributed by atoms with Crippen LogP contribution in [0, 0.1) is 17.8 Å². The van der Waals surface area contributed by atoms with Gasteiger partial charge in [0.1, 0.15) is 42.7 Å². The molecule has 3 aliphatic heterocycles. The molecule has 5 N–H and O–H groups in total. The Kier molecular flexibility index (Phi) is 10.7. The standard InChI is InChI=1S/C24H42O13/c1-9-10(2)18(31-5)23(34-13(9)7-25)35-17-11(3)19(32-6)24(37-21(17)22(29)30)36-20-14(8-26)33-12(4)15(27)16(20)28/h9-21,23-28H,7-8H2,1-6H3,(H,29,30)/t9-,10-,11-,12+,13+,14+,15-,16+,17-,18+,19+,20+,21-,23+,24+/m0/s1. The highest BCUT2D eigenvalue weighted by Crippen LogP contribution is 2.38. The SMILES string of the molecule is CO[C@H]1[C@H](O[C@H]2[C@H](O)[C@@H](O)[C@@H](C)O[C@@H]2CO)O[C@H](C(=O)O)[C@@H](O[C@H]2O[C@H](CO)[C@@H](C)[C@H](C)[C@H]2OC)[C@@H]1C. The normalized spacial score (nSPS) is 49.1. The average Bonchev–Trinajstić information content (AvgIpc) is 2.87. The Morgan fingerprint density at radius 2 is 1.24 bits per heavy atom. The van der Waals surface area contributed by atoms with E-state index in [1.807, 2.05) is 13.8 Å². The topological polar surface area (TPSA) is 183 Å². The number of carboxylic acid groups (broad SMARTS) is 1. The van der Waals surface area contributed by atoms with E-state index in [9.17, 15) is 30.3 Å². The second kappa shape index (κ2) is 12.9. The fourth-order valence-electron chi connectivity index (χ4n) is 5.49. The maximum absolute atomic E-state index is 12.3. The summed E-state index contributed by atoms with van der Waals surface area (Å²) in [5.74, 6) is -2.03. The molecule has 3 fully saturated rings. The van der Waals surface area contributed by atoms with Gasteiger partial charge >= 0.3 is 5.97 Å². The lowest BCUT2D eigenvalue weighted by Crippen LogP contribution is -2.64. The van der Waals surface area contributed by atoms with E-state index in [1.54, 1.807) is 13.8 Å². The highest BCUT2D eigenvalue weighted by atomic mass is 16.8. The van der Waals surface area contributed by atoms with Gasteiger partial charge in [0.05, 0.1) is 25.4 Å². The molecule has 0 saturated carbocycles. The van der Waals surface area contributed by atoms with Gasteiger partial charge in [-0.25, -0.2) is 4.79 Å². The molecule has 0 radical (unpaired) electrons. The molecule has 0 bridgehead atoms. The van der Waals surface area contributed by atoms with Crippen LogP contribution in [0.4, 0.5) is 0 Å². The third-order valence-electron chi connectivity index (χ3n) is 8.05. The van der Waals surface area contributed by atoms with Gasteiger partial charge in [0.15, 0.2) is 18.7 Å². The molecule has 0 aromatic carbocycles. The average molecular weight is 539 g/mol. The second-order valence-electron chi connectivity index (χ2n) is 10.2. The van der Waals surface area contributed by atoms with Crippen molar-refractivity contribution in [3.63, 3.8) is 0 Å². The Morgan fingerprint density at radius 3 is 1.78 bits per heavy atom. The van der Waals surface area contributed by atoms with Crippen molar-refractivity contribution >= 4 is 5.97 Å². The number of ether oxygens (including phenoxy) is 7. The molecule has 13 heteroatoms. The number of methoxy groups -OCH3 is 2. The van der Waals surface area contributed by atoms with Crippen LogP contribution in [0.25, 0.3) is 0 Å². The molecule has 37 heavy (non-hydrogen) atoms. The zero-order valence-electron chi connectivity index (χ0n) is 22.1. The summed E-state index contributed by atoms with van der Waals surface area (Å²) in [6, 6.07) is 0. The van der Waals surface area contributed by atoms with Crippen LogP contribution < -0.4 is 0 Å². The van der Waals surface area contributed by atoms with Gasteiger partial charge in [-0.1, -0.05) is 20.8 Å². The van der Waals surface area contributed by atoms with Crippen molar-refractivity contribution in [2.45, 2.75) is 101 Å². The van der Waals surface area contributed by atoms with Crippen LogP contribution in [0.15, 0.2) is 0 Å². The van der Waals surface area contributed by atoms with Crippen LogP contribution in [0.3, 0.4) is 0 Å². The first kappa shape index (κ1) is 30.6. The molecular formula is C24H42O13. The van der Waals surface area contributed by atoms with Crippen molar-refractivity contribution in [2.75, 3.05) is 27.4 Å². The van der Waals surface area contributed by atoms with Gasteiger partial charge in [-0.15, -0.1) is 0 Å². The van der Waals surface area contributed by atoms with Crippen molar-refractivity contribution in [1.29, 1.82) is 0 Å². The molecular weight excluding hydrogens is 496 g/mol. The van der Waals surface area contributed by atoms with Crippen molar-refractivity contribution in [2.24, 2.45) is 17.8 Å². The molecule has 3 saturated heterocycles. The molecule has 3 rings (SSSR count). The van der Waals surface area contributed by atoms with Crippen LogP contribution in [-0.2, 0) is 38.0 Å². The van der Waals surface area contributed by atoms with Crippen LogP contribution in [0.1, 0.15) is 27.7 Å². The maximum atomic E-state index is 12.3. The number of carbonyl (C=O) groups is 1. The molecule has 3 aliphatic rings. The van der Waals surface area contributed by atoms with Crippen LogP contribution >= 0.6 is 0 Å². The van der Waals surface area contributed by atoms with Gasteiger partial charge in [-0.05, 0) is 18.8 Å². The zero-order chi connectivity index (χ0) is 27.6. The lowest BCUT2D eigenvalue weighted by Gasteiger charge is -2.49. The van der Waals surface area contributed by atoms with Gasteiger partial charge < -0.3 is 58.7 Å². The van der Waals surface area contributed by atoms with Crippen LogP contribution in [-0.4, -0.2) is 133 Å². The van der Waals surface area contributed by atoms with E-state index < -0.39 is 92.1 Å². The largest absolute Gasteiger partial charge is 0.479 e. The lowest BCUT2D eigenvalue weighted by molar-refractivity contribution is -0.358. The quantitative estimate of drug-likeness (QED) is 0.234. The molecule has 3 heterocycles. The number of hydrogen-bond donors (Lipinski definition) is 5. The Bertz CT molecular complexity index is 737. The predicted molar refractivity (Wildman–Crippen MR) is 124 cm³/mol. The van der Waals surface area contributed by atoms with Gasteiger partial charge in [-0.2, -0.15) is 0 Å². The summed E-state index contributed by atoms with van der Waals surface area (Å²) in [4.78, 5) is 12.3. The summed E-state index contributed by atoms with van der Waals surface area (Å²) in [7, 11) is 2.91. The summed E-state index contributed by atoms with van der Waals surface area (Å²) in [5.41, 5.74) is 0. The first-order valence-corrected chi connectivity index (χ1v) is 12.6. The van der Waals surface area contributed by atoms with Gasteiger partial charge in [0.2, 0.25) is 0 Å². The fraction of sp³-hybridized carbons (Fsp3) is 0.958. The van der Waals surface area contributed by atoms with Gasteiger partial charge in [-0.3, -0.25) is 0 Å². The van der Waals surface area contributed by atoms with Crippen molar-refractivity contribution in [3.05, 3.63) is 0 Å². The minimum atomic E-state index is -1.52. The number of rotatable bonds is 9. The maximum Gasteiger partial charge on any atom is 0.335 e. The summed E-state index contributed by atoms with van der Waals surface area (Å²) in [5, 5.41) is 50.4. The number of aliphatic carboxylic acids is 1. The second-order valence-corrected chi connectivity index (χ2v) is 10.2. The van der Waals surface area contributed by atoms with E-state index in [0.717, 1.165) is 0 Å². The molecule has 15 atom stereocenters. The monoisotopic (exact) mass is 538 g/mol. The summed E-state index contributed by atoms with van der Waals surface area (Å²) < 4.78 is 40.6. The molecule has 216 valence electrons. The minimum absolute atomic E-state index is 0.0312. The summed E-state index contributed by atoms with van der Waals surface area (Å²) in [6.07, 6.45) is -12.5. The van der Waals surface area contributed by atoms with Gasteiger partial charge in [0.25, 0.3) is 0 Å². The van der Waals surface area contributed by atoms with E-state index in [4.69, 9.17) is 33.2 Å². The lowest BCUT2D eigenvalue weighted by atomic mass is 9.83. The minimum Gasteiger partial charge on any atom is -0.479 e. The fourth-order valence-corrected chi connectivity index (χ4v) is 5.49. The predicted octanol–water partition coefficient (Wildman–Crippen LogP) is -1.28. The Morgan fingerprint density at radius 1 is 0.703 bits per heavy atom. The molecule has 0 spiro atoms. The van der Waals surface area contributed by atoms with E-state index in [1.165, 1.54) is 14.2 Å². The zero-order valence-corrected chi connectivity index (χ0v) is 22.1. The summed E-state index contributed by atoms with van der Waals surface area (Å²) in [6.45, 7) is 6.40. The molecule has 0 amide bonds. The number of carboxylic acids is 1. The third kappa shape index (κ3) is 6.12. The highest BCUT2D eigenvalue weighted by molar-refractivity contribution is 5.73. The molecule has 0 aromatic rings. The Labute approximate surface area is 216 Å². The van der Waals surface area contributed by atoms with Crippen LogP contribution in [0.5, 0.6) is 0 Å². The molecule has 13 nitrogen and oxygen atoms in total. The van der Waals surface area contributed by atoms with Crippen molar-refractivity contribution in [1.82, 2.24) is 0 Å². The smallest absolute Gasteiger partial charge is 0.335 e. The molecule has 0 unspecified atom stereocenters. The number of aliphatic hydroxyl groups excluding tert-OH is 4. The number of aliphatic hydroxyl groups is 4. The highest BCUT2D eigenvalue weighted by Gasteiger charge is 2.54. The van der Waals surface area contributed by atoms with Gasteiger partial charge in [0, 0.05) is 20.1 Å². The Balaban J connectivity index is 1.83. The Hall–Kier alpha value is -0.970. The van der Waals surface area contributed by atoms with E-state index in [0.29, 0.717) is 0 Å². The summed E-state index contributed by atoms with van der Waals surface area (Å²) >= 11 is 0. The first-order valence-electron chi connectivity index (χ1n) is 12.6. The van der Waals surface area contributed by atoms with E-state index in [2.05, 4.69) is 0 Å². The van der Waals surface area contributed by atoms with E-state index >= 15 is 0 Å². The molecule has 0 aliphatic carbocycles. The first-order chi connectivity index (χ1) is 17.5. The number of hydrogen-bond acceptors (Lipinski definition) is 12.